The highest BCUT2D eigenvalue weighted by atomic mass is 19.4. The Morgan fingerprint density at radius 2 is 1.89 bits per heavy atom. The maximum Gasteiger partial charge on any atom is 0.433 e. The van der Waals surface area contributed by atoms with Crippen LogP contribution in [0.2, 0.25) is 0 Å². The molecule has 3 aromatic rings. The zero-order valence-electron chi connectivity index (χ0n) is 14.4. The van der Waals surface area contributed by atoms with Crippen molar-refractivity contribution in [3.63, 3.8) is 0 Å². The summed E-state index contributed by atoms with van der Waals surface area (Å²) in [5.74, 6) is 1.35. The lowest BCUT2D eigenvalue weighted by Crippen LogP contribution is -2.35. The lowest BCUT2D eigenvalue weighted by Gasteiger charge is -2.31. The highest BCUT2D eigenvalue weighted by molar-refractivity contribution is 5.38. The van der Waals surface area contributed by atoms with Gasteiger partial charge in [-0.1, -0.05) is 0 Å². The van der Waals surface area contributed by atoms with Crippen molar-refractivity contribution in [2.45, 2.75) is 24.9 Å². The maximum atomic E-state index is 12.8. The van der Waals surface area contributed by atoms with Crippen LogP contribution in [0.3, 0.4) is 0 Å². The van der Waals surface area contributed by atoms with Gasteiger partial charge in [-0.25, -0.2) is 9.97 Å². The van der Waals surface area contributed by atoms with Crippen LogP contribution < -0.4 is 9.64 Å². The van der Waals surface area contributed by atoms with E-state index < -0.39 is 11.9 Å². The predicted octanol–water partition coefficient (Wildman–Crippen LogP) is 2.33. The molecule has 0 unspecified atom stereocenters. The van der Waals surface area contributed by atoms with Crippen molar-refractivity contribution in [3.8, 4) is 5.88 Å². The molecule has 1 aliphatic heterocycles. The Morgan fingerprint density at radius 3 is 2.59 bits per heavy atom. The smallest absolute Gasteiger partial charge is 0.433 e. The third-order valence-corrected chi connectivity index (χ3v) is 4.55. The molecule has 3 aromatic heterocycles. The first-order chi connectivity index (χ1) is 13.0. The van der Waals surface area contributed by atoms with E-state index in [0.29, 0.717) is 43.3 Å². The van der Waals surface area contributed by atoms with Gasteiger partial charge in [0, 0.05) is 31.3 Å². The van der Waals surface area contributed by atoms with Crippen molar-refractivity contribution in [3.05, 3.63) is 35.9 Å². The minimum Gasteiger partial charge on any atom is -0.480 e. The van der Waals surface area contributed by atoms with Gasteiger partial charge in [0.1, 0.15) is 5.69 Å². The van der Waals surface area contributed by atoms with Crippen LogP contribution in [-0.4, -0.2) is 50.0 Å². The molecule has 0 spiro atoms. The average molecular weight is 379 g/mol. The summed E-state index contributed by atoms with van der Waals surface area (Å²) in [4.78, 5) is 9.40. The zero-order valence-corrected chi connectivity index (χ0v) is 14.4. The number of rotatable bonds is 3. The zero-order chi connectivity index (χ0) is 19.0. The molecule has 0 N–H and O–H groups in total. The minimum atomic E-state index is -4.48. The van der Waals surface area contributed by atoms with E-state index in [-0.39, 0.29) is 11.9 Å². The molecule has 8 nitrogen and oxygen atoms in total. The Hall–Kier alpha value is -2.98. The van der Waals surface area contributed by atoms with E-state index in [1.807, 2.05) is 0 Å². The topological polar surface area (TPSA) is 81.3 Å². The van der Waals surface area contributed by atoms with Gasteiger partial charge in [-0.3, -0.25) is 0 Å². The quantitative estimate of drug-likeness (QED) is 0.691. The van der Waals surface area contributed by atoms with Crippen LogP contribution in [0, 0.1) is 0 Å². The molecule has 4 heterocycles. The van der Waals surface area contributed by atoms with E-state index in [1.165, 1.54) is 7.11 Å². The van der Waals surface area contributed by atoms with Crippen LogP contribution in [-0.2, 0) is 6.18 Å². The van der Waals surface area contributed by atoms with Crippen molar-refractivity contribution in [2.75, 3.05) is 25.1 Å². The van der Waals surface area contributed by atoms with Gasteiger partial charge in [0.25, 0.3) is 0 Å². The molecule has 0 radical (unpaired) electrons. The molecule has 0 aromatic carbocycles. The average Bonchev–Trinajstić information content (AvgIpc) is 3.10. The number of fused-ring (bicyclic) bond motifs is 1. The highest BCUT2D eigenvalue weighted by Gasteiger charge is 2.34. The van der Waals surface area contributed by atoms with Gasteiger partial charge in [0.2, 0.25) is 11.8 Å². The molecule has 0 bridgehead atoms. The van der Waals surface area contributed by atoms with Crippen LogP contribution in [0.1, 0.15) is 30.3 Å². The number of aromatic nitrogens is 6. The third kappa shape index (κ3) is 3.36. The van der Waals surface area contributed by atoms with Crippen molar-refractivity contribution in [1.82, 2.24) is 29.8 Å². The first-order valence-corrected chi connectivity index (χ1v) is 8.37. The van der Waals surface area contributed by atoms with E-state index in [2.05, 4.69) is 25.3 Å². The SMILES string of the molecule is COc1ccc2nnc(C3CCN(c4nccc(C(F)(F)F)n4)CC3)n2n1. The van der Waals surface area contributed by atoms with E-state index >= 15 is 0 Å². The third-order valence-electron chi connectivity index (χ3n) is 4.55. The van der Waals surface area contributed by atoms with Gasteiger partial charge in [0.15, 0.2) is 11.5 Å². The Morgan fingerprint density at radius 1 is 1.11 bits per heavy atom. The molecule has 1 fully saturated rings. The van der Waals surface area contributed by atoms with Crippen molar-refractivity contribution >= 4 is 11.6 Å². The molecule has 1 saturated heterocycles. The summed E-state index contributed by atoms with van der Waals surface area (Å²) in [6, 6.07) is 4.35. The first-order valence-electron chi connectivity index (χ1n) is 8.37. The molecule has 4 rings (SSSR count). The van der Waals surface area contributed by atoms with Crippen LogP contribution in [0.5, 0.6) is 5.88 Å². The van der Waals surface area contributed by atoms with Gasteiger partial charge in [-0.15, -0.1) is 15.3 Å². The molecule has 142 valence electrons. The van der Waals surface area contributed by atoms with Gasteiger partial charge in [0.05, 0.1) is 7.11 Å². The monoisotopic (exact) mass is 379 g/mol. The molecule has 27 heavy (non-hydrogen) atoms. The summed E-state index contributed by atoms with van der Waals surface area (Å²) in [6.45, 7) is 1.04. The number of halogens is 3. The summed E-state index contributed by atoms with van der Waals surface area (Å²) >= 11 is 0. The number of piperidine rings is 1. The van der Waals surface area contributed by atoms with Gasteiger partial charge in [-0.2, -0.15) is 17.7 Å². The Balaban J connectivity index is 1.51. The molecule has 0 amide bonds. The fraction of sp³-hybridized carbons (Fsp3) is 0.438. The first kappa shape index (κ1) is 17.4. The number of hydrogen-bond donors (Lipinski definition) is 0. The molecule has 11 heteroatoms. The summed E-state index contributed by atoms with van der Waals surface area (Å²) in [7, 11) is 1.53. The van der Waals surface area contributed by atoms with Crippen molar-refractivity contribution < 1.29 is 17.9 Å². The van der Waals surface area contributed by atoms with Gasteiger partial charge in [-0.05, 0) is 25.0 Å². The summed E-state index contributed by atoms with van der Waals surface area (Å²) in [6.07, 6.45) is -1.99. The largest absolute Gasteiger partial charge is 0.480 e. The number of alkyl halides is 3. The second-order valence-corrected chi connectivity index (χ2v) is 6.20. The maximum absolute atomic E-state index is 12.8. The fourth-order valence-electron chi connectivity index (χ4n) is 3.15. The van der Waals surface area contributed by atoms with E-state index in [0.717, 1.165) is 12.3 Å². The fourth-order valence-corrected chi connectivity index (χ4v) is 3.15. The Kier molecular flexibility index (Phi) is 4.28. The highest BCUT2D eigenvalue weighted by Crippen LogP contribution is 2.31. The second-order valence-electron chi connectivity index (χ2n) is 6.20. The van der Waals surface area contributed by atoms with Gasteiger partial charge >= 0.3 is 6.18 Å². The van der Waals surface area contributed by atoms with Crippen molar-refractivity contribution in [1.29, 1.82) is 0 Å². The molecular weight excluding hydrogens is 363 g/mol. The Bertz CT molecular complexity index is 951. The van der Waals surface area contributed by atoms with E-state index in [9.17, 15) is 13.2 Å². The normalized spacial score (nSPS) is 16.1. The molecule has 1 aliphatic rings. The standard InChI is InChI=1S/C16H16F3N7O/c1-27-13-3-2-12-22-23-14(26(12)24-13)10-5-8-25(9-6-10)15-20-7-4-11(21-15)16(17,18)19/h2-4,7,10H,5-6,8-9H2,1H3. The van der Waals surface area contributed by atoms with Gasteiger partial charge < -0.3 is 9.64 Å². The van der Waals surface area contributed by atoms with E-state index in [4.69, 9.17) is 4.74 Å². The van der Waals surface area contributed by atoms with Crippen molar-refractivity contribution in [2.24, 2.45) is 0 Å². The molecule has 0 atom stereocenters. The lowest BCUT2D eigenvalue weighted by atomic mass is 9.96. The van der Waals surface area contributed by atoms with Crippen LogP contribution in [0.25, 0.3) is 5.65 Å². The van der Waals surface area contributed by atoms with Crippen LogP contribution >= 0.6 is 0 Å². The number of ether oxygens (including phenoxy) is 1. The molecular formula is C16H16F3N7O. The molecule has 0 aliphatic carbocycles. The summed E-state index contributed by atoms with van der Waals surface area (Å²) in [5.41, 5.74) is -0.316. The molecule has 0 saturated carbocycles. The second kappa shape index (κ2) is 6.63. The van der Waals surface area contributed by atoms with Crippen LogP contribution in [0.15, 0.2) is 24.4 Å². The summed E-state index contributed by atoms with van der Waals surface area (Å²) < 4.78 is 45.3. The number of nitrogens with zero attached hydrogens (tertiary/aromatic N) is 7. The Labute approximate surface area is 152 Å². The predicted molar refractivity (Wildman–Crippen MR) is 88.6 cm³/mol. The van der Waals surface area contributed by atoms with E-state index in [1.54, 1.807) is 21.5 Å². The lowest BCUT2D eigenvalue weighted by molar-refractivity contribution is -0.141. The number of hydrogen-bond acceptors (Lipinski definition) is 7. The number of anilines is 1. The summed E-state index contributed by atoms with van der Waals surface area (Å²) in [5, 5.41) is 12.7. The number of methoxy groups -OCH3 is 1. The minimum absolute atomic E-state index is 0.0849. The van der Waals surface area contributed by atoms with Crippen LogP contribution in [0.4, 0.5) is 19.1 Å².